The highest BCUT2D eigenvalue weighted by Crippen LogP contribution is 2.05. The van der Waals surface area contributed by atoms with Crippen LogP contribution >= 0.6 is 0 Å². The Labute approximate surface area is 98.4 Å². The molecule has 1 unspecified atom stereocenters. The van der Waals surface area contributed by atoms with E-state index >= 15 is 0 Å². The molecule has 0 radical (unpaired) electrons. The SMILES string of the molecule is CCN(CC(C)C#N)C(=O)CCCCCN. The monoisotopic (exact) mass is 225 g/mol. The van der Waals surface area contributed by atoms with Crippen molar-refractivity contribution >= 4 is 5.91 Å². The van der Waals surface area contributed by atoms with E-state index in [4.69, 9.17) is 11.0 Å². The Morgan fingerprint density at radius 3 is 2.62 bits per heavy atom. The van der Waals surface area contributed by atoms with Gasteiger partial charge in [0.05, 0.1) is 12.0 Å². The fourth-order valence-electron chi connectivity index (χ4n) is 1.53. The summed E-state index contributed by atoms with van der Waals surface area (Å²) in [5.74, 6) is 0.0644. The van der Waals surface area contributed by atoms with E-state index in [9.17, 15) is 4.79 Å². The van der Waals surface area contributed by atoms with Crippen LogP contribution in [0.25, 0.3) is 0 Å². The summed E-state index contributed by atoms with van der Waals surface area (Å²) in [7, 11) is 0. The number of nitriles is 1. The first kappa shape index (κ1) is 14.9. The second-order valence-electron chi connectivity index (χ2n) is 4.06. The Morgan fingerprint density at radius 2 is 2.12 bits per heavy atom. The van der Waals surface area contributed by atoms with Crippen LogP contribution in [-0.4, -0.2) is 30.4 Å². The largest absolute Gasteiger partial charge is 0.342 e. The van der Waals surface area contributed by atoms with Gasteiger partial charge in [-0.1, -0.05) is 6.42 Å². The molecule has 0 bridgehead atoms. The standard InChI is InChI=1S/C12H23N3O/c1-3-15(10-11(2)9-14)12(16)7-5-4-6-8-13/h11H,3-8,10,13H2,1-2H3. The average molecular weight is 225 g/mol. The Bertz CT molecular complexity index is 235. The molecule has 0 spiro atoms. The van der Waals surface area contributed by atoms with Crippen molar-refractivity contribution in [2.45, 2.75) is 39.5 Å². The molecular weight excluding hydrogens is 202 g/mol. The first-order chi connectivity index (χ1) is 7.65. The molecule has 16 heavy (non-hydrogen) atoms. The summed E-state index contributed by atoms with van der Waals surface area (Å²) in [5, 5.41) is 8.71. The van der Waals surface area contributed by atoms with Crippen LogP contribution in [0.3, 0.4) is 0 Å². The van der Waals surface area contributed by atoms with Gasteiger partial charge in [-0.25, -0.2) is 0 Å². The average Bonchev–Trinajstić information content (AvgIpc) is 2.30. The maximum absolute atomic E-state index is 11.8. The van der Waals surface area contributed by atoms with Crippen LogP contribution in [0.1, 0.15) is 39.5 Å². The van der Waals surface area contributed by atoms with Crippen molar-refractivity contribution in [3.63, 3.8) is 0 Å². The summed E-state index contributed by atoms with van der Waals surface area (Å²) in [6.07, 6.45) is 3.46. The normalized spacial score (nSPS) is 11.9. The van der Waals surface area contributed by atoms with Crippen molar-refractivity contribution in [2.24, 2.45) is 11.7 Å². The van der Waals surface area contributed by atoms with Crippen LogP contribution in [0.2, 0.25) is 0 Å². The molecule has 1 amide bonds. The van der Waals surface area contributed by atoms with Gasteiger partial charge in [0.25, 0.3) is 0 Å². The summed E-state index contributed by atoms with van der Waals surface area (Å²) in [4.78, 5) is 13.5. The predicted octanol–water partition coefficient (Wildman–Crippen LogP) is 1.51. The van der Waals surface area contributed by atoms with Crippen molar-refractivity contribution in [2.75, 3.05) is 19.6 Å². The van der Waals surface area contributed by atoms with Gasteiger partial charge >= 0.3 is 0 Å². The van der Waals surface area contributed by atoms with Crippen molar-refractivity contribution in [1.82, 2.24) is 4.90 Å². The fraction of sp³-hybridized carbons (Fsp3) is 0.833. The molecule has 4 heteroatoms. The van der Waals surface area contributed by atoms with E-state index in [0.717, 1.165) is 19.3 Å². The molecule has 0 aromatic heterocycles. The molecule has 0 aliphatic rings. The molecule has 0 fully saturated rings. The number of amides is 1. The fourth-order valence-corrected chi connectivity index (χ4v) is 1.53. The van der Waals surface area contributed by atoms with Crippen LogP contribution in [-0.2, 0) is 4.79 Å². The van der Waals surface area contributed by atoms with Crippen molar-refractivity contribution < 1.29 is 4.79 Å². The molecule has 0 saturated carbocycles. The first-order valence-electron chi connectivity index (χ1n) is 6.03. The Balaban J connectivity index is 3.88. The molecule has 0 aromatic carbocycles. The highest BCUT2D eigenvalue weighted by molar-refractivity contribution is 5.76. The summed E-state index contributed by atoms with van der Waals surface area (Å²) in [5.41, 5.74) is 5.38. The van der Waals surface area contributed by atoms with Gasteiger partial charge in [-0.15, -0.1) is 0 Å². The molecule has 0 aliphatic heterocycles. The van der Waals surface area contributed by atoms with Gasteiger partial charge in [-0.2, -0.15) is 5.26 Å². The highest BCUT2D eigenvalue weighted by Gasteiger charge is 2.13. The maximum Gasteiger partial charge on any atom is 0.222 e. The Hall–Kier alpha value is -1.08. The zero-order chi connectivity index (χ0) is 12.4. The van der Waals surface area contributed by atoms with E-state index in [-0.39, 0.29) is 11.8 Å². The predicted molar refractivity (Wildman–Crippen MR) is 64.6 cm³/mol. The van der Waals surface area contributed by atoms with Gasteiger partial charge in [-0.3, -0.25) is 4.79 Å². The topological polar surface area (TPSA) is 70.1 Å². The lowest BCUT2D eigenvalue weighted by Crippen LogP contribution is -2.34. The summed E-state index contributed by atoms with van der Waals surface area (Å²) < 4.78 is 0. The number of nitrogens with zero attached hydrogens (tertiary/aromatic N) is 2. The van der Waals surface area contributed by atoms with Crippen LogP contribution in [0.5, 0.6) is 0 Å². The minimum atomic E-state index is -0.0899. The van der Waals surface area contributed by atoms with Gasteiger partial charge in [0.1, 0.15) is 0 Å². The lowest BCUT2D eigenvalue weighted by Gasteiger charge is -2.21. The van der Waals surface area contributed by atoms with Gasteiger partial charge in [0.15, 0.2) is 0 Å². The summed E-state index contributed by atoms with van der Waals surface area (Å²) >= 11 is 0. The minimum Gasteiger partial charge on any atom is -0.342 e. The number of unbranched alkanes of at least 4 members (excludes halogenated alkanes) is 2. The molecule has 0 rings (SSSR count). The third-order valence-corrected chi connectivity index (χ3v) is 2.54. The van der Waals surface area contributed by atoms with Crippen molar-refractivity contribution in [3.8, 4) is 6.07 Å². The molecule has 2 N–H and O–H groups in total. The third-order valence-electron chi connectivity index (χ3n) is 2.54. The van der Waals surface area contributed by atoms with Gasteiger partial charge in [-0.05, 0) is 33.2 Å². The molecule has 4 nitrogen and oxygen atoms in total. The zero-order valence-corrected chi connectivity index (χ0v) is 10.4. The Morgan fingerprint density at radius 1 is 1.44 bits per heavy atom. The van der Waals surface area contributed by atoms with E-state index in [2.05, 4.69) is 6.07 Å². The van der Waals surface area contributed by atoms with Crippen LogP contribution in [0.15, 0.2) is 0 Å². The Kier molecular flexibility index (Phi) is 8.55. The van der Waals surface area contributed by atoms with Gasteiger partial charge in [0, 0.05) is 19.5 Å². The second kappa shape index (κ2) is 9.17. The molecular formula is C12H23N3O. The van der Waals surface area contributed by atoms with E-state index in [1.165, 1.54) is 0 Å². The molecule has 0 heterocycles. The van der Waals surface area contributed by atoms with Crippen molar-refractivity contribution in [3.05, 3.63) is 0 Å². The number of hydrogen-bond acceptors (Lipinski definition) is 3. The lowest BCUT2D eigenvalue weighted by molar-refractivity contribution is -0.131. The molecule has 92 valence electrons. The van der Waals surface area contributed by atoms with Crippen LogP contribution in [0.4, 0.5) is 0 Å². The molecule has 0 aromatic rings. The van der Waals surface area contributed by atoms with Gasteiger partial charge in [0.2, 0.25) is 5.91 Å². The van der Waals surface area contributed by atoms with Crippen LogP contribution in [0, 0.1) is 17.2 Å². The number of rotatable bonds is 8. The second-order valence-corrected chi connectivity index (χ2v) is 4.06. The minimum absolute atomic E-state index is 0.0899. The van der Waals surface area contributed by atoms with E-state index in [0.29, 0.717) is 26.1 Å². The zero-order valence-electron chi connectivity index (χ0n) is 10.4. The van der Waals surface area contributed by atoms with E-state index < -0.39 is 0 Å². The first-order valence-corrected chi connectivity index (χ1v) is 6.03. The van der Waals surface area contributed by atoms with Crippen LogP contribution < -0.4 is 5.73 Å². The third kappa shape index (κ3) is 6.41. The number of nitrogens with two attached hydrogens (primary N) is 1. The molecule has 0 saturated heterocycles. The maximum atomic E-state index is 11.8. The van der Waals surface area contributed by atoms with E-state index in [1.54, 1.807) is 4.90 Å². The quantitative estimate of drug-likeness (QED) is 0.637. The number of hydrogen-bond donors (Lipinski definition) is 1. The molecule has 0 aliphatic carbocycles. The highest BCUT2D eigenvalue weighted by atomic mass is 16.2. The molecule has 1 atom stereocenters. The summed E-state index contributed by atoms with van der Waals surface area (Å²) in [6.45, 7) is 5.70. The summed E-state index contributed by atoms with van der Waals surface area (Å²) in [6, 6.07) is 2.15. The number of carbonyl (C=O) groups excluding carboxylic acids is 1. The van der Waals surface area contributed by atoms with Crippen molar-refractivity contribution in [1.29, 1.82) is 5.26 Å². The van der Waals surface area contributed by atoms with E-state index in [1.807, 2.05) is 13.8 Å². The number of carbonyl (C=O) groups is 1. The van der Waals surface area contributed by atoms with Gasteiger partial charge < -0.3 is 10.6 Å². The lowest BCUT2D eigenvalue weighted by atomic mass is 10.1. The smallest absolute Gasteiger partial charge is 0.222 e.